The molecule has 0 aliphatic heterocycles. The molecule has 0 spiro atoms. The Labute approximate surface area is 213 Å². The lowest BCUT2D eigenvalue weighted by Gasteiger charge is -2.22. The van der Waals surface area contributed by atoms with Crippen LogP contribution in [0.1, 0.15) is 12.5 Å². The molecule has 0 fully saturated rings. The van der Waals surface area contributed by atoms with E-state index in [1.165, 1.54) is 9.13 Å². The van der Waals surface area contributed by atoms with E-state index >= 15 is 0 Å². The Hall–Kier alpha value is -4.59. The lowest BCUT2D eigenvalue weighted by Crippen LogP contribution is -2.44. The Bertz CT molecular complexity index is 1720. The van der Waals surface area contributed by atoms with Crippen LogP contribution in [0.2, 0.25) is 0 Å². The molecule has 2 heterocycles. The first-order valence-corrected chi connectivity index (χ1v) is 12.1. The summed E-state index contributed by atoms with van der Waals surface area (Å²) in [4.78, 5) is 42.9. The molecule has 0 aliphatic carbocycles. The van der Waals surface area contributed by atoms with Crippen molar-refractivity contribution >= 4 is 33.5 Å². The van der Waals surface area contributed by atoms with Gasteiger partial charge in [-0.2, -0.15) is 0 Å². The van der Waals surface area contributed by atoms with E-state index in [0.29, 0.717) is 28.7 Å². The molecule has 0 radical (unpaired) electrons. The molecule has 3 aromatic carbocycles. The fourth-order valence-corrected chi connectivity index (χ4v) is 4.89. The van der Waals surface area contributed by atoms with Crippen LogP contribution in [0.3, 0.4) is 0 Å². The number of para-hydroxylation sites is 1. The number of carbonyl (C=O) groups is 1. The second kappa shape index (κ2) is 9.81. The van der Waals surface area contributed by atoms with E-state index in [1.54, 1.807) is 29.7 Å². The van der Waals surface area contributed by atoms with Crippen LogP contribution in [0.15, 0.2) is 88.5 Å². The van der Waals surface area contributed by atoms with Crippen LogP contribution in [0.4, 0.5) is 5.69 Å². The van der Waals surface area contributed by atoms with Crippen LogP contribution in [0, 0.1) is 0 Å². The third-order valence-electron chi connectivity index (χ3n) is 6.72. The van der Waals surface area contributed by atoms with Crippen LogP contribution in [-0.2, 0) is 24.9 Å². The summed E-state index contributed by atoms with van der Waals surface area (Å²) in [5, 5.41) is 0.675. The first kappa shape index (κ1) is 24.1. The third-order valence-corrected chi connectivity index (χ3v) is 6.72. The smallest absolute Gasteiger partial charge is 0.332 e. The van der Waals surface area contributed by atoms with Crippen molar-refractivity contribution < 1.29 is 9.53 Å². The number of ether oxygens (including phenoxy) is 1. The number of nitrogens with zero attached hydrogens (tertiary/aromatic N) is 4. The maximum atomic E-state index is 13.9. The number of hydrogen-bond acceptors (Lipinski definition) is 4. The molecule has 2 aromatic heterocycles. The summed E-state index contributed by atoms with van der Waals surface area (Å²) in [7, 11) is 3.36. The zero-order valence-corrected chi connectivity index (χ0v) is 21.0. The van der Waals surface area contributed by atoms with Gasteiger partial charge in [0, 0.05) is 24.7 Å². The number of fused-ring (bicyclic) bond motifs is 3. The molecule has 0 atom stereocenters. The van der Waals surface area contributed by atoms with E-state index in [4.69, 9.17) is 4.74 Å². The monoisotopic (exact) mass is 496 g/mol. The molecule has 37 heavy (non-hydrogen) atoms. The molecule has 0 saturated heterocycles. The van der Waals surface area contributed by atoms with E-state index in [0.717, 1.165) is 16.8 Å². The van der Waals surface area contributed by atoms with Gasteiger partial charge in [0.25, 0.3) is 5.56 Å². The molecule has 8 nitrogen and oxygen atoms in total. The number of rotatable bonds is 7. The molecule has 5 aromatic rings. The van der Waals surface area contributed by atoms with Crippen LogP contribution >= 0.6 is 0 Å². The number of aryl methyl sites for hydroxylation is 1. The van der Waals surface area contributed by atoms with Crippen molar-refractivity contribution in [2.24, 2.45) is 7.05 Å². The average Bonchev–Trinajstić information content (AvgIpc) is 3.22. The highest BCUT2D eigenvalue weighted by atomic mass is 16.5. The lowest BCUT2D eigenvalue weighted by molar-refractivity contribution is -0.119. The van der Waals surface area contributed by atoms with Gasteiger partial charge in [-0.3, -0.25) is 18.7 Å². The van der Waals surface area contributed by atoms with Crippen LogP contribution in [0.25, 0.3) is 21.9 Å². The summed E-state index contributed by atoms with van der Waals surface area (Å²) in [6, 6.07) is 24.2. The standard InChI is InChI=1S/C29H28N4O4/c1-4-31(21-13-9-6-10-14-21)25(34)19-32-26-23-17-22(37-3)15-16-24(23)30(2)27(26)28(35)33(29(32)36)18-20-11-7-5-8-12-20/h5-17H,4,18-19H2,1-3H3. The number of amides is 1. The van der Waals surface area contributed by atoms with Gasteiger partial charge in [0.2, 0.25) is 5.91 Å². The number of carbonyl (C=O) groups excluding carboxylic acids is 1. The summed E-state index contributed by atoms with van der Waals surface area (Å²) in [6.07, 6.45) is 0. The molecule has 0 aliphatic rings. The van der Waals surface area contributed by atoms with Gasteiger partial charge in [-0.05, 0) is 42.8 Å². The predicted octanol–water partition coefficient (Wildman–Crippen LogP) is 3.76. The summed E-state index contributed by atoms with van der Waals surface area (Å²) in [5.74, 6) is 0.347. The van der Waals surface area contributed by atoms with Crippen molar-refractivity contribution in [3.05, 3.63) is 105 Å². The molecule has 5 rings (SSSR count). The first-order chi connectivity index (χ1) is 17.9. The van der Waals surface area contributed by atoms with Crippen molar-refractivity contribution in [1.29, 1.82) is 0 Å². The molecule has 8 heteroatoms. The Balaban J connectivity index is 1.77. The largest absolute Gasteiger partial charge is 0.497 e. The predicted molar refractivity (Wildman–Crippen MR) is 146 cm³/mol. The van der Waals surface area contributed by atoms with Gasteiger partial charge >= 0.3 is 5.69 Å². The number of hydrogen-bond donors (Lipinski definition) is 0. The van der Waals surface area contributed by atoms with E-state index in [1.807, 2.05) is 79.7 Å². The maximum Gasteiger partial charge on any atom is 0.332 e. The summed E-state index contributed by atoms with van der Waals surface area (Å²) < 4.78 is 9.84. The fraction of sp³-hybridized carbons (Fsp3) is 0.207. The molecule has 0 unspecified atom stereocenters. The lowest BCUT2D eigenvalue weighted by atomic mass is 10.2. The van der Waals surface area contributed by atoms with Gasteiger partial charge in [-0.15, -0.1) is 0 Å². The zero-order chi connectivity index (χ0) is 26.1. The Morgan fingerprint density at radius 2 is 1.57 bits per heavy atom. The minimum absolute atomic E-state index is 0.101. The van der Waals surface area contributed by atoms with Gasteiger partial charge in [0.15, 0.2) is 0 Å². The minimum Gasteiger partial charge on any atom is -0.497 e. The molecule has 0 N–H and O–H groups in total. The van der Waals surface area contributed by atoms with Gasteiger partial charge in [0.1, 0.15) is 17.8 Å². The van der Waals surface area contributed by atoms with E-state index < -0.39 is 11.2 Å². The molecule has 188 valence electrons. The Morgan fingerprint density at radius 3 is 2.22 bits per heavy atom. The molecular formula is C29H28N4O4. The van der Waals surface area contributed by atoms with Gasteiger partial charge in [-0.25, -0.2) is 4.79 Å². The van der Waals surface area contributed by atoms with Crippen LogP contribution in [0.5, 0.6) is 5.75 Å². The van der Waals surface area contributed by atoms with Gasteiger partial charge in [-0.1, -0.05) is 48.5 Å². The highest BCUT2D eigenvalue weighted by molar-refractivity contribution is 6.07. The summed E-state index contributed by atoms with van der Waals surface area (Å²) in [5.41, 5.74) is 2.17. The number of aromatic nitrogens is 3. The van der Waals surface area contributed by atoms with Gasteiger partial charge in [0.05, 0.1) is 24.7 Å². The van der Waals surface area contributed by atoms with Crippen molar-refractivity contribution in [3.8, 4) is 5.75 Å². The zero-order valence-electron chi connectivity index (χ0n) is 21.0. The fourth-order valence-electron chi connectivity index (χ4n) is 4.89. The van der Waals surface area contributed by atoms with Crippen LogP contribution in [-0.4, -0.2) is 33.3 Å². The topological polar surface area (TPSA) is 78.5 Å². The average molecular weight is 497 g/mol. The maximum absolute atomic E-state index is 13.9. The normalized spacial score (nSPS) is 11.2. The number of anilines is 1. The highest BCUT2D eigenvalue weighted by Crippen LogP contribution is 2.29. The van der Waals surface area contributed by atoms with E-state index in [2.05, 4.69) is 0 Å². The van der Waals surface area contributed by atoms with Crippen molar-refractivity contribution in [1.82, 2.24) is 13.7 Å². The summed E-state index contributed by atoms with van der Waals surface area (Å²) in [6.45, 7) is 2.21. The minimum atomic E-state index is -0.533. The Morgan fingerprint density at radius 1 is 0.892 bits per heavy atom. The first-order valence-electron chi connectivity index (χ1n) is 12.1. The quantitative estimate of drug-likeness (QED) is 0.344. The molecule has 0 saturated carbocycles. The van der Waals surface area contributed by atoms with Crippen LogP contribution < -0.4 is 20.9 Å². The molecule has 0 bridgehead atoms. The molecular weight excluding hydrogens is 468 g/mol. The van der Waals surface area contributed by atoms with Crippen molar-refractivity contribution in [3.63, 3.8) is 0 Å². The number of benzene rings is 3. The molecule has 1 amide bonds. The van der Waals surface area contributed by atoms with Gasteiger partial charge < -0.3 is 14.2 Å². The number of methoxy groups -OCH3 is 1. The highest BCUT2D eigenvalue weighted by Gasteiger charge is 2.24. The second-order valence-electron chi connectivity index (χ2n) is 8.86. The van der Waals surface area contributed by atoms with Crippen molar-refractivity contribution in [2.45, 2.75) is 20.0 Å². The second-order valence-corrected chi connectivity index (χ2v) is 8.86. The third kappa shape index (κ3) is 4.20. The number of likely N-dealkylation sites (N-methyl/N-ethyl adjacent to an activating group) is 1. The summed E-state index contributed by atoms with van der Waals surface area (Å²) >= 11 is 0. The van der Waals surface area contributed by atoms with E-state index in [-0.39, 0.29) is 19.0 Å². The van der Waals surface area contributed by atoms with Crippen molar-refractivity contribution in [2.75, 3.05) is 18.6 Å². The Kier molecular flexibility index (Phi) is 6.40. The van der Waals surface area contributed by atoms with E-state index in [9.17, 15) is 14.4 Å². The SMILES string of the molecule is CCN(C(=O)Cn1c(=O)n(Cc2ccccc2)c(=O)c2c1c1cc(OC)ccc1n2C)c1ccccc1.